The highest BCUT2D eigenvalue weighted by molar-refractivity contribution is 8.00. The molecule has 1 N–H and O–H groups in total. The highest BCUT2D eigenvalue weighted by Crippen LogP contribution is 2.57. The van der Waals surface area contributed by atoms with E-state index in [0.717, 1.165) is 6.54 Å². The fourth-order valence-electron chi connectivity index (χ4n) is 2.41. The molecule has 1 nitrogen and oxygen atoms in total. The Morgan fingerprint density at radius 2 is 2.43 bits per heavy atom. The van der Waals surface area contributed by atoms with Crippen LogP contribution >= 0.6 is 23.1 Å². The van der Waals surface area contributed by atoms with E-state index in [-0.39, 0.29) is 0 Å². The van der Waals surface area contributed by atoms with Crippen LogP contribution in [0.15, 0.2) is 11.4 Å². The number of fused-ring (bicyclic) bond motifs is 1. The lowest BCUT2D eigenvalue weighted by molar-refractivity contribution is 0.490. The fourth-order valence-corrected chi connectivity index (χ4v) is 4.58. The Morgan fingerprint density at radius 3 is 3.14 bits per heavy atom. The molecule has 2 heterocycles. The lowest BCUT2D eigenvalue weighted by Gasteiger charge is -2.30. The molecular formula is C11H15NS2. The summed E-state index contributed by atoms with van der Waals surface area (Å²) in [6.07, 6.45) is 6.27. The largest absolute Gasteiger partial charge is 0.308 e. The van der Waals surface area contributed by atoms with E-state index in [4.69, 9.17) is 0 Å². The van der Waals surface area contributed by atoms with E-state index in [1.807, 2.05) is 11.3 Å². The molecule has 1 aromatic heterocycles. The Balaban J connectivity index is 1.96. The molecule has 0 spiro atoms. The summed E-state index contributed by atoms with van der Waals surface area (Å²) >= 11 is 4.00. The minimum atomic E-state index is 0.542. The lowest BCUT2D eigenvalue weighted by atomic mass is 10.0. The summed E-state index contributed by atoms with van der Waals surface area (Å²) in [6, 6.07) is 2.95. The highest BCUT2D eigenvalue weighted by atomic mass is 32.2. The van der Waals surface area contributed by atoms with Crippen molar-refractivity contribution in [2.45, 2.75) is 30.1 Å². The van der Waals surface area contributed by atoms with Gasteiger partial charge in [0.2, 0.25) is 0 Å². The number of hydrogen-bond donors (Lipinski definition) is 1. The molecule has 1 fully saturated rings. The van der Waals surface area contributed by atoms with E-state index >= 15 is 0 Å². The van der Waals surface area contributed by atoms with E-state index in [0.29, 0.717) is 10.8 Å². The maximum atomic E-state index is 3.70. The van der Waals surface area contributed by atoms with Crippen LogP contribution in [-0.2, 0) is 6.42 Å². The smallest absolute Gasteiger partial charge is 0.0566 e. The predicted octanol–water partition coefficient (Wildman–Crippen LogP) is 2.83. The van der Waals surface area contributed by atoms with Crippen LogP contribution in [0.3, 0.4) is 0 Å². The Labute approximate surface area is 93.3 Å². The summed E-state index contributed by atoms with van der Waals surface area (Å²) in [4.78, 5) is 1.61. The SMILES string of the molecule is CSC1(C2NCCc3ccsc32)CC1. The molecule has 1 aliphatic heterocycles. The molecule has 1 atom stereocenters. The molecule has 1 unspecified atom stereocenters. The normalized spacial score (nSPS) is 28.5. The van der Waals surface area contributed by atoms with Crippen LogP contribution in [0.1, 0.15) is 29.3 Å². The van der Waals surface area contributed by atoms with Crippen molar-refractivity contribution in [3.8, 4) is 0 Å². The van der Waals surface area contributed by atoms with Crippen molar-refractivity contribution in [1.29, 1.82) is 0 Å². The minimum Gasteiger partial charge on any atom is -0.308 e. The van der Waals surface area contributed by atoms with Gasteiger partial charge in [-0.15, -0.1) is 11.3 Å². The van der Waals surface area contributed by atoms with Gasteiger partial charge >= 0.3 is 0 Å². The van der Waals surface area contributed by atoms with E-state index in [1.54, 1.807) is 10.4 Å². The van der Waals surface area contributed by atoms with Crippen molar-refractivity contribution in [3.05, 3.63) is 21.9 Å². The number of hydrogen-bond acceptors (Lipinski definition) is 3. The molecule has 3 rings (SSSR count). The third-order valence-electron chi connectivity index (χ3n) is 3.46. The van der Waals surface area contributed by atoms with Crippen molar-refractivity contribution in [2.75, 3.05) is 12.8 Å². The number of nitrogens with one attached hydrogen (secondary N) is 1. The van der Waals surface area contributed by atoms with Crippen LogP contribution in [-0.4, -0.2) is 17.5 Å². The van der Waals surface area contributed by atoms with Gasteiger partial charge in [-0.3, -0.25) is 0 Å². The fraction of sp³-hybridized carbons (Fsp3) is 0.636. The summed E-state index contributed by atoms with van der Waals surface area (Å²) in [7, 11) is 0. The zero-order valence-electron chi connectivity index (χ0n) is 8.38. The van der Waals surface area contributed by atoms with Gasteiger partial charge in [-0.2, -0.15) is 11.8 Å². The molecule has 0 bridgehead atoms. The van der Waals surface area contributed by atoms with Gasteiger partial charge in [-0.25, -0.2) is 0 Å². The molecule has 14 heavy (non-hydrogen) atoms. The second kappa shape index (κ2) is 3.26. The zero-order valence-corrected chi connectivity index (χ0v) is 10.0. The molecule has 0 saturated heterocycles. The molecule has 1 saturated carbocycles. The lowest BCUT2D eigenvalue weighted by Crippen LogP contribution is -2.36. The molecule has 3 heteroatoms. The average Bonchev–Trinajstić information content (AvgIpc) is 2.87. The maximum Gasteiger partial charge on any atom is 0.0566 e. The average molecular weight is 225 g/mol. The first kappa shape index (κ1) is 9.25. The Morgan fingerprint density at radius 1 is 1.57 bits per heavy atom. The Kier molecular flexibility index (Phi) is 2.15. The van der Waals surface area contributed by atoms with Crippen molar-refractivity contribution in [3.63, 3.8) is 0 Å². The van der Waals surface area contributed by atoms with Gasteiger partial charge in [0.05, 0.1) is 6.04 Å². The summed E-state index contributed by atoms with van der Waals surface area (Å²) in [6.45, 7) is 1.16. The monoisotopic (exact) mass is 225 g/mol. The Bertz CT molecular complexity index is 341. The second-order valence-electron chi connectivity index (χ2n) is 4.22. The Hall–Kier alpha value is 0.01000. The van der Waals surface area contributed by atoms with Gasteiger partial charge in [0.1, 0.15) is 0 Å². The predicted molar refractivity (Wildman–Crippen MR) is 64.2 cm³/mol. The topological polar surface area (TPSA) is 12.0 Å². The van der Waals surface area contributed by atoms with Crippen LogP contribution in [0.25, 0.3) is 0 Å². The first-order valence-corrected chi connectivity index (χ1v) is 7.31. The molecule has 1 aliphatic carbocycles. The molecule has 0 amide bonds. The van der Waals surface area contributed by atoms with Crippen LogP contribution in [0, 0.1) is 0 Å². The molecule has 2 aliphatic rings. The molecule has 1 aromatic rings. The van der Waals surface area contributed by atoms with Gasteiger partial charge in [0, 0.05) is 9.62 Å². The van der Waals surface area contributed by atoms with Gasteiger partial charge in [0.25, 0.3) is 0 Å². The van der Waals surface area contributed by atoms with Crippen molar-refractivity contribution >= 4 is 23.1 Å². The first-order chi connectivity index (χ1) is 6.86. The van der Waals surface area contributed by atoms with E-state index in [2.05, 4.69) is 34.8 Å². The summed E-state index contributed by atoms with van der Waals surface area (Å²) in [5.41, 5.74) is 1.60. The molecule has 0 aromatic carbocycles. The highest BCUT2D eigenvalue weighted by Gasteiger charge is 2.50. The maximum absolute atomic E-state index is 3.70. The summed E-state index contributed by atoms with van der Waals surface area (Å²) < 4.78 is 0.542. The quantitative estimate of drug-likeness (QED) is 0.830. The number of rotatable bonds is 2. The molecule has 76 valence electrons. The van der Waals surface area contributed by atoms with Crippen molar-refractivity contribution in [1.82, 2.24) is 5.32 Å². The van der Waals surface area contributed by atoms with E-state index < -0.39 is 0 Å². The third-order valence-corrected chi connectivity index (χ3v) is 5.94. The van der Waals surface area contributed by atoms with Crippen LogP contribution in [0.4, 0.5) is 0 Å². The second-order valence-corrected chi connectivity index (χ2v) is 6.39. The van der Waals surface area contributed by atoms with Gasteiger partial charge < -0.3 is 5.32 Å². The van der Waals surface area contributed by atoms with Gasteiger partial charge in [0.15, 0.2) is 0 Å². The van der Waals surface area contributed by atoms with Crippen LogP contribution in [0.2, 0.25) is 0 Å². The number of thiophene rings is 1. The zero-order chi connectivity index (χ0) is 9.60. The molecule has 0 radical (unpaired) electrons. The number of thioether (sulfide) groups is 1. The van der Waals surface area contributed by atoms with Crippen LogP contribution in [0.5, 0.6) is 0 Å². The minimum absolute atomic E-state index is 0.542. The summed E-state index contributed by atoms with van der Waals surface area (Å²) in [5.74, 6) is 0. The van der Waals surface area contributed by atoms with Crippen molar-refractivity contribution in [2.24, 2.45) is 0 Å². The third kappa shape index (κ3) is 1.26. The van der Waals surface area contributed by atoms with E-state index in [9.17, 15) is 0 Å². The van der Waals surface area contributed by atoms with E-state index in [1.165, 1.54) is 19.3 Å². The van der Waals surface area contributed by atoms with Gasteiger partial charge in [-0.1, -0.05) is 0 Å². The standard InChI is InChI=1S/C11H15NS2/c1-13-11(4-5-11)10-9-8(2-6-12-10)3-7-14-9/h3,7,10,12H,2,4-6H2,1H3. The van der Waals surface area contributed by atoms with Gasteiger partial charge in [-0.05, 0) is 49.1 Å². The first-order valence-electron chi connectivity index (χ1n) is 5.20. The summed E-state index contributed by atoms with van der Waals surface area (Å²) in [5, 5.41) is 5.96. The van der Waals surface area contributed by atoms with Crippen LogP contribution < -0.4 is 5.32 Å². The van der Waals surface area contributed by atoms with Crippen molar-refractivity contribution < 1.29 is 0 Å². The molecular weight excluding hydrogens is 210 g/mol.